The third-order valence-corrected chi connectivity index (χ3v) is 5.10. The van der Waals surface area contributed by atoms with Crippen LogP contribution in [0.25, 0.3) is 22.5 Å². The molecule has 4 rings (SSSR count). The number of aromatic nitrogens is 3. The highest BCUT2D eigenvalue weighted by Gasteiger charge is 2.28. The maximum absolute atomic E-state index is 12.6. The van der Waals surface area contributed by atoms with Crippen LogP contribution in [0.2, 0.25) is 0 Å². The molecule has 3 aromatic rings. The highest BCUT2D eigenvalue weighted by Crippen LogP contribution is 2.44. The van der Waals surface area contributed by atoms with Crippen LogP contribution in [0.4, 0.5) is 14.8 Å². The molecule has 1 saturated carbocycles. The number of benzene rings is 1. The van der Waals surface area contributed by atoms with E-state index < -0.39 is 12.7 Å². The number of alkyl halides is 2. The first-order valence-electron chi connectivity index (χ1n) is 9.65. The standard InChI is InChI=1S/C21H24F2N4O2/c1-11-7-16(18-26-27-19(29-18)24-10-21(22,23)28)25-17-14(11)8-13(12-5-6-12)9-15(17)20(2,3)4/h7-9,12,28H,5-6,10H2,1-4H3,(H,24,27). The number of nitrogens with zero attached hydrogens (tertiary/aromatic N) is 3. The number of fused-ring (bicyclic) bond motifs is 1. The van der Waals surface area contributed by atoms with Gasteiger partial charge in [0.25, 0.3) is 5.89 Å². The molecule has 0 unspecified atom stereocenters. The van der Waals surface area contributed by atoms with Gasteiger partial charge >= 0.3 is 12.1 Å². The monoisotopic (exact) mass is 402 g/mol. The van der Waals surface area contributed by atoms with Crippen LogP contribution in [0.1, 0.15) is 56.2 Å². The van der Waals surface area contributed by atoms with E-state index in [2.05, 4.69) is 48.4 Å². The molecule has 0 amide bonds. The summed E-state index contributed by atoms with van der Waals surface area (Å²) in [5.41, 5.74) is 4.80. The number of rotatable bonds is 5. The Morgan fingerprint density at radius 3 is 2.52 bits per heavy atom. The highest BCUT2D eigenvalue weighted by atomic mass is 19.3. The minimum atomic E-state index is -3.87. The average molecular weight is 402 g/mol. The molecule has 29 heavy (non-hydrogen) atoms. The molecule has 1 aliphatic carbocycles. The fourth-order valence-electron chi connectivity index (χ4n) is 3.43. The van der Waals surface area contributed by atoms with E-state index in [0.717, 1.165) is 22.0 Å². The molecule has 154 valence electrons. The van der Waals surface area contributed by atoms with E-state index in [1.54, 1.807) is 0 Å². The van der Waals surface area contributed by atoms with Crippen LogP contribution in [-0.4, -0.2) is 32.9 Å². The van der Waals surface area contributed by atoms with Crippen molar-refractivity contribution in [3.63, 3.8) is 0 Å². The Kier molecular flexibility index (Phi) is 4.57. The first-order valence-corrected chi connectivity index (χ1v) is 9.65. The Morgan fingerprint density at radius 2 is 1.90 bits per heavy atom. The summed E-state index contributed by atoms with van der Waals surface area (Å²) in [7, 11) is 0. The van der Waals surface area contributed by atoms with Crippen LogP contribution in [-0.2, 0) is 5.41 Å². The van der Waals surface area contributed by atoms with E-state index >= 15 is 0 Å². The van der Waals surface area contributed by atoms with E-state index in [0.29, 0.717) is 11.6 Å². The molecule has 6 nitrogen and oxygen atoms in total. The van der Waals surface area contributed by atoms with Gasteiger partial charge in [0.1, 0.15) is 12.2 Å². The lowest BCUT2D eigenvalue weighted by Crippen LogP contribution is -2.26. The lowest BCUT2D eigenvalue weighted by molar-refractivity contribution is -0.186. The Balaban J connectivity index is 1.77. The van der Waals surface area contributed by atoms with Gasteiger partial charge in [-0.05, 0) is 59.9 Å². The predicted octanol–water partition coefficient (Wildman–Crippen LogP) is 4.77. The molecule has 1 aromatic carbocycles. The Hall–Kier alpha value is -2.61. The maximum atomic E-state index is 12.6. The SMILES string of the molecule is Cc1cc(-c2nnc(NCC(O)(F)F)o2)nc2c(C(C)(C)C)cc(C3CC3)cc12. The van der Waals surface area contributed by atoms with E-state index in [4.69, 9.17) is 14.5 Å². The molecule has 0 saturated heterocycles. The van der Waals surface area contributed by atoms with Crippen LogP contribution in [0.5, 0.6) is 0 Å². The van der Waals surface area contributed by atoms with Crippen molar-refractivity contribution in [1.82, 2.24) is 15.2 Å². The van der Waals surface area contributed by atoms with Gasteiger partial charge in [0.05, 0.1) is 5.52 Å². The van der Waals surface area contributed by atoms with Gasteiger partial charge in [0.2, 0.25) is 0 Å². The minimum Gasteiger partial charge on any atom is -0.402 e. The number of pyridine rings is 1. The largest absolute Gasteiger partial charge is 0.402 e. The van der Waals surface area contributed by atoms with Crippen LogP contribution >= 0.6 is 0 Å². The number of halogens is 2. The number of nitrogens with one attached hydrogen (secondary N) is 1. The van der Waals surface area contributed by atoms with Crippen molar-refractivity contribution in [3.05, 3.63) is 34.9 Å². The van der Waals surface area contributed by atoms with Gasteiger partial charge < -0.3 is 14.8 Å². The zero-order chi connectivity index (χ0) is 21.0. The summed E-state index contributed by atoms with van der Waals surface area (Å²) in [4.78, 5) is 4.79. The highest BCUT2D eigenvalue weighted by molar-refractivity contribution is 5.88. The van der Waals surface area contributed by atoms with Crippen molar-refractivity contribution in [2.75, 3.05) is 11.9 Å². The predicted molar refractivity (Wildman–Crippen MR) is 106 cm³/mol. The number of aliphatic hydroxyl groups is 1. The summed E-state index contributed by atoms with van der Waals surface area (Å²) in [6, 6.07) is 6.13. The van der Waals surface area contributed by atoms with Crippen molar-refractivity contribution in [2.45, 2.75) is 58.0 Å². The number of hydrogen-bond donors (Lipinski definition) is 2. The topological polar surface area (TPSA) is 84.1 Å². The Labute approximate surface area is 167 Å². The first-order chi connectivity index (χ1) is 13.5. The van der Waals surface area contributed by atoms with E-state index in [1.807, 2.05) is 13.0 Å². The molecular weight excluding hydrogens is 378 g/mol. The van der Waals surface area contributed by atoms with Crippen LogP contribution in [0.15, 0.2) is 22.6 Å². The fourth-order valence-corrected chi connectivity index (χ4v) is 3.43. The zero-order valence-electron chi connectivity index (χ0n) is 16.9. The third-order valence-electron chi connectivity index (χ3n) is 5.10. The van der Waals surface area contributed by atoms with Crippen molar-refractivity contribution in [3.8, 4) is 11.6 Å². The second-order valence-electron chi connectivity index (χ2n) is 8.75. The zero-order valence-corrected chi connectivity index (χ0v) is 16.9. The van der Waals surface area contributed by atoms with Gasteiger partial charge in [-0.3, -0.25) is 0 Å². The van der Waals surface area contributed by atoms with E-state index in [-0.39, 0.29) is 17.3 Å². The molecular formula is C21H24F2N4O2. The molecule has 2 N–H and O–H groups in total. The second kappa shape index (κ2) is 6.73. The Morgan fingerprint density at radius 1 is 1.17 bits per heavy atom. The maximum Gasteiger partial charge on any atom is 0.370 e. The fraction of sp³-hybridized carbons (Fsp3) is 0.476. The average Bonchev–Trinajstić information content (AvgIpc) is 3.35. The second-order valence-corrected chi connectivity index (χ2v) is 8.75. The summed E-state index contributed by atoms with van der Waals surface area (Å²) in [5, 5.41) is 19.5. The van der Waals surface area contributed by atoms with E-state index in [1.165, 1.54) is 18.4 Å². The van der Waals surface area contributed by atoms with Gasteiger partial charge in [-0.15, -0.1) is 5.10 Å². The van der Waals surface area contributed by atoms with Gasteiger partial charge in [-0.2, -0.15) is 8.78 Å². The molecule has 0 aliphatic heterocycles. The lowest BCUT2D eigenvalue weighted by Gasteiger charge is -2.23. The molecule has 8 heteroatoms. The normalized spacial score (nSPS) is 15.1. The van der Waals surface area contributed by atoms with Crippen molar-refractivity contribution in [2.24, 2.45) is 0 Å². The Bertz CT molecular complexity index is 1060. The van der Waals surface area contributed by atoms with E-state index in [9.17, 15) is 8.78 Å². The van der Waals surface area contributed by atoms with Gasteiger partial charge in [0, 0.05) is 5.39 Å². The van der Waals surface area contributed by atoms with Gasteiger partial charge in [0.15, 0.2) is 0 Å². The molecule has 2 heterocycles. The van der Waals surface area contributed by atoms with Gasteiger partial charge in [-0.1, -0.05) is 31.9 Å². The molecule has 2 aromatic heterocycles. The summed E-state index contributed by atoms with van der Waals surface area (Å²) < 4.78 is 30.6. The van der Waals surface area contributed by atoms with Crippen LogP contribution < -0.4 is 5.32 Å². The van der Waals surface area contributed by atoms with Crippen molar-refractivity contribution >= 4 is 16.9 Å². The van der Waals surface area contributed by atoms with Crippen LogP contribution in [0.3, 0.4) is 0 Å². The van der Waals surface area contributed by atoms with Crippen molar-refractivity contribution in [1.29, 1.82) is 0 Å². The quantitative estimate of drug-likeness (QED) is 0.640. The summed E-state index contributed by atoms with van der Waals surface area (Å²) >= 11 is 0. The summed E-state index contributed by atoms with van der Waals surface area (Å²) in [6.45, 7) is 7.47. The first kappa shape index (κ1) is 19.7. The number of hydrogen-bond acceptors (Lipinski definition) is 6. The molecule has 0 atom stereocenters. The number of aryl methyl sites for hydroxylation is 1. The van der Waals surface area contributed by atoms with Crippen molar-refractivity contribution < 1.29 is 18.3 Å². The minimum absolute atomic E-state index is 0.102. The third kappa shape index (κ3) is 4.22. The molecule has 0 spiro atoms. The smallest absolute Gasteiger partial charge is 0.370 e. The van der Waals surface area contributed by atoms with Crippen LogP contribution in [0, 0.1) is 6.92 Å². The summed E-state index contributed by atoms with van der Waals surface area (Å²) in [5.74, 6) is 0.763. The molecule has 0 radical (unpaired) electrons. The molecule has 1 fully saturated rings. The lowest BCUT2D eigenvalue weighted by atomic mass is 9.83. The summed E-state index contributed by atoms with van der Waals surface area (Å²) in [6.07, 6.45) is -1.41. The molecule has 0 bridgehead atoms. The number of anilines is 1. The molecule has 1 aliphatic rings. The van der Waals surface area contributed by atoms with Gasteiger partial charge in [-0.25, -0.2) is 4.98 Å².